The van der Waals surface area contributed by atoms with Crippen molar-refractivity contribution in [1.82, 2.24) is 10.2 Å². The molecule has 2 N–H and O–H groups in total. The minimum atomic E-state index is 0.00624. The van der Waals surface area contributed by atoms with Crippen molar-refractivity contribution in [2.24, 2.45) is 5.92 Å². The third kappa shape index (κ3) is 4.34. The quantitative estimate of drug-likeness (QED) is 0.736. The van der Waals surface area contributed by atoms with E-state index in [1.807, 2.05) is 6.92 Å². The molecule has 0 aromatic carbocycles. The van der Waals surface area contributed by atoms with Crippen molar-refractivity contribution in [2.75, 3.05) is 19.7 Å². The average Bonchev–Trinajstić information content (AvgIpc) is 2.29. The van der Waals surface area contributed by atoms with E-state index in [9.17, 15) is 9.59 Å². The van der Waals surface area contributed by atoms with Gasteiger partial charge in [-0.2, -0.15) is 0 Å². The third-order valence-electron chi connectivity index (χ3n) is 3.26. The van der Waals surface area contributed by atoms with Crippen molar-refractivity contribution in [1.29, 1.82) is 0 Å². The number of carbonyl (C=O) groups is 2. The molecular formula is C12H22N2O3. The van der Waals surface area contributed by atoms with Crippen LogP contribution in [0.25, 0.3) is 0 Å². The Kier molecular flexibility index (Phi) is 5.41. The van der Waals surface area contributed by atoms with E-state index in [-0.39, 0.29) is 30.4 Å². The summed E-state index contributed by atoms with van der Waals surface area (Å²) < 4.78 is 0. The van der Waals surface area contributed by atoms with Crippen LogP contribution in [0.2, 0.25) is 0 Å². The molecule has 1 atom stereocenters. The molecule has 0 saturated carbocycles. The SMILES string of the molecule is CC(=O)N1CCC(C(=O)NC(C)CCO)CC1. The van der Waals surface area contributed by atoms with Crippen molar-refractivity contribution >= 4 is 11.8 Å². The van der Waals surface area contributed by atoms with E-state index >= 15 is 0 Å². The predicted molar refractivity (Wildman–Crippen MR) is 64.3 cm³/mol. The van der Waals surface area contributed by atoms with Crippen LogP contribution in [-0.2, 0) is 9.59 Å². The van der Waals surface area contributed by atoms with Crippen LogP contribution in [0, 0.1) is 5.92 Å². The van der Waals surface area contributed by atoms with Crippen LogP contribution in [0.1, 0.15) is 33.1 Å². The topological polar surface area (TPSA) is 69.6 Å². The van der Waals surface area contributed by atoms with Gasteiger partial charge in [-0.3, -0.25) is 9.59 Å². The minimum Gasteiger partial charge on any atom is -0.396 e. The molecule has 17 heavy (non-hydrogen) atoms. The first-order valence-electron chi connectivity index (χ1n) is 6.21. The maximum Gasteiger partial charge on any atom is 0.223 e. The monoisotopic (exact) mass is 242 g/mol. The molecule has 0 radical (unpaired) electrons. The molecule has 1 unspecified atom stereocenters. The standard InChI is InChI=1S/C12H22N2O3/c1-9(5-8-15)13-12(17)11-3-6-14(7-4-11)10(2)16/h9,11,15H,3-8H2,1-2H3,(H,13,17). The molecule has 0 aromatic rings. The summed E-state index contributed by atoms with van der Waals surface area (Å²) in [5, 5.41) is 11.7. The fraction of sp³-hybridized carbons (Fsp3) is 0.833. The zero-order chi connectivity index (χ0) is 12.8. The van der Waals surface area contributed by atoms with Crippen molar-refractivity contribution in [3.05, 3.63) is 0 Å². The molecule has 1 aliphatic rings. The van der Waals surface area contributed by atoms with Gasteiger partial charge in [0, 0.05) is 38.6 Å². The highest BCUT2D eigenvalue weighted by Crippen LogP contribution is 2.17. The second-order valence-electron chi connectivity index (χ2n) is 4.70. The Bertz CT molecular complexity index is 273. The van der Waals surface area contributed by atoms with Crippen LogP contribution in [0.3, 0.4) is 0 Å². The summed E-state index contributed by atoms with van der Waals surface area (Å²) in [6, 6.07) is 0.0123. The molecule has 98 valence electrons. The van der Waals surface area contributed by atoms with Crippen molar-refractivity contribution in [2.45, 2.75) is 39.2 Å². The molecule has 5 nitrogen and oxygen atoms in total. The molecule has 2 amide bonds. The molecule has 1 aliphatic heterocycles. The van der Waals surface area contributed by atoms with Gasteiger partial charge < -0.3 is 15.3 Å². The number of hydrogen-bond donors (Lipinski definition) is 2. The summed E-state index contributed by atoms with van der Waals surface area (Å²) in [7, 11) is 0. The second kappa shape index (κ2) is 6.59. The highest BCUT2D eigenvalue weighted by molar-refractivity contribution is 5.79. The van der Waals surface area contributed by atoms with Gasteiger partial charge in [0.2, 0.25) is 11.8 Å². The van der Waals surface area contributed by atoms with Crippen LogP contribution < -0.4 is 5.32 Å². The van der Waals surface area contributed by atoms with Crippen molar-refractivity contribution < 1.29 is 14.7 Å². The molecule has 1 saturated heterocycles. The van der Waals surface area contributed by atoms with Crippen LogP contribution in [-0.4, -0.2) is 47.6 Å². The second-order valence-corrected chi connectivity index (χ2v) is 4.70. The number of amides is 2. The Hall–Kier alpha value is -1.10. The molecule has 5 heteroatoms. The van der Waals surface area contributed by atoms with Gasteiger partial charge in [0.05, 0.1) is 0 Å². The van der Waals surface area contributed by atoms with E-state index in [0.29, 0.717) is 19.5 Å². The van der Waals surface area contributed by atoms with E-state index in [0.717, 1.165) is 12.8 Å². The maximum atomic E-state index is 11.9. The molecule has 0 aromatic heterocycles. The lowest BCUT2D eigenvalue weighted by molar-refractivity contribution is -0.134. The highest BCUT2D eigenvalue weighted by Gasteiger charge is 2.26. The molecule has 0 bridgehead atoms. The Labute approximate surface area is 102 Å². The molecule has 0 spiro atoms. The molecular weight excluding hydrogens is 220 g/mol. The number of hydrogen-bond acceptors (Lipinski definition) is 3. The van der Waals surface area contributed by atoms with E-state index in [4.69, 9.17) is 5.11 Å². The zero-order valence-corrected chi connectivity index (χ0v) is 10.6. The Morgan fingerprint density at radius 3 is 2.47 bits per heavy atom. The number of nitrogens with one attached hydrogen (secondary N) is 1. The number of aliphatic hydroxyl groups excluding tert-OH is 1. The van der Waals surface area contributed by atoms with Crippen molar-refractivity contribution in [3.8, 4) is 0 Å². The van der Waals surface area contributed by atoms with Crippen LogP contribution in [0.15, 0.2) is 0 Å². The smallest absolute Gasteiger partial charge is 0.223 e. The number of carbonyl (C=O) groups excluding carboxylic acids is 2. The fourth-order valence-corrected chi connectivity index (χ4v) is 2.08. The number of rotatable bonds is 4. The molecule has 1 heterocycles. The summed E-state index contributed by atoms with van der Waals surface area (Å²) in [4.78, 5) is 24.8. The van der Waals surface area contributed by atoms with Gasteiger partial charge in [0.15, 0.2) is 0 Å². The largest absolute Gasteiger partial charge is 0.396 e. The van der Waals surface area contributed by atoms with Gasteiger partial charge in [-0.05, 0) is 26.2 Å². The average molecular weight is 242 g/mol. The fourth-order valence-electron chi connectivity index (χ4n) is 2.08. The molecule has 1 fully saturated rings. The first-order valence-corrected chi connectivity index (χ1v) is 6.21. The van der Waals surface area contributed by atoms with Gasteiger partial charge in [0.25, 0.3) is 0 Å². The third-order valence-corrected chi connectivity index (χ3v) is 3.26. The number of piperidine rings is 1. The van der Waals surface area contributed by atoms with Crippen LogP contribution in [0.4, 0.5) is 0 Å². The van der Waals surface area contributed by atoms with E-state index < -0.39 is 0 Å². The summed E-state index contributed by atoms with van der Waals surface area (Å²) >= 11 is 0. The molecule has 1 rings (SSSR count). The zero-order valence-electron chi connectivity index (χ0n) is 10.6. The van der Waals surface area contributed by atoms with Crippen LogP contribution >= 0.6 is 0 Å². The van der Waals surface area contributed by atoms with Gasteiger partial charge in [-0.15, -0.1) is 0 Å². The number of aliphatic hydroxyl groups is 1. The predicted octanol–water partition coefficient (Wildman–Crippen LogP) is 0.132. The summed E-state index contributed by atoms with van der Waals surface area (Å²) in [5.41, 5.74) is 0. The Morgan fingerprint density at radius 1 is 1.41 bits per heavy atom. The van der Waals surface area contributed by atoms with Gasteiger partial charge in [-0.25, -0.2) is 0 Å². The lowest BCUT2D eigenvalue weighted by atomic mass is 9.95. The summed E-state index contributed by atoms with van der Waals surface area (Å²) in [5.74, 6) is 0.137. The van der Waals surface area contributed by atoms with Crippen molar-refractivity contribution in [3.63, 3.8) is 0 Å². The first-order chi connectivity index (χ1) is 8.04. The first kappa shape index (κ1) is 14.0. The molecule has 0 aliphatic carbocycles. The normalized spacial score (nSPS) is 18.9. The van der Waals surface area contributed by atoms with E-state index in [2.05, 4.69) is 5.32 Å². The van der Waals surface area contributed by atoms with E-state index in [1.54, 1.807) is 11.8 Å². The van der Waals surface area contributed by atoms with Gasteiger partial charge in [-0.1, -0.05) is 0 Å². The summed E-state index contributed by atoms with van der Waals surface area (Å²) in [6.45, 7) is 4.87. The maximum absolute atomic E-state index is 11.9. The van der Waals surface area contributed by atoms with Crippen LogP contribution in [0.5, 0.6) is 0 Å². The van der Waals surface area contributed by atoms with Gasteiger partial charge in [0.1, 0.15) is 0 Å². The highest BCUT2D eigenvalue weighted by atomic mass is 16.3. The Balaban J connectivity index is 2.33. The number of nitrogens with zero attached hydrogens (tertiary/aromatic N) is 1. The van der Waals surface area contributed by atoms with Gasteiger partial charge >= 0.3 is 0 Å². The lowest BCUT2D eigenvalue weighted by Gasteiger charge is -2.31. The van der Waals surface area contributed by atoms with E-state index in [1.165, 1.54) is 0 Å². The summed E-state index contributed by atoms with van der Waals surface area (Å²) in [6.07, 6.45) is 2.05. The lowest BCUT2D eigenvalue weighted by Crippen LogP contribution is -2.44. The number of likely N-dealkylation sites (tertiary alicyclic amines) is 1. The minimum absolute atomic E-state index is 0.00624. The Morgan fingerprint density at radius 2 is 2.00 bits per heavy atom.